The minimum absolute atomic E-state index is 0.00385. The van der Waals surface area contributed by atoms with Gasteiger partial charge in [-0.3, -0.25) is 4.90 Å². The van der Waals surface area contributed by atoms with Crippen LogP contribution in [-0.4, -0.2) is 42.0 Å². The Bertz CT molecular complexity index is 886. The standard InChI is InChI=1S/C20H18F7N3O/c21-16-3-1-13(2-4-16)12-29-5-7-30(8-6-29)18(31)28-17-10-14(19(22,23)24)9-15(11-17)20(25,26)27/h1-4,9-11H,5-8,12H2,(H,28,31). The number of anilines is 1. The molecule has 168 valence electrons. The maximum Gasteiger partial charge on any atom is 0.416 e. The van der Waals surface area contributed by atoms with Gasteiger partial charge in [-0.1, -0.05) is 12.1 Å². The van der Waals surface area contributed by atoms with Crippen molar-refractivity contribution in [3.05, 3.63) is 65.0 Å². The molecular weight excluding hydrogens is 431 g/mol. The fraction of sp³-hybridized carbons (Fsp3) is 0.350. The Morgan fingerprint density at radius 1 is 0.839 bits per heavy atom. The van der Waals surface area contributed by atoms with Crippen molar-refractivity contribution in [2.24, 2.45) is 0 Å². The number of benzene rings is 2. The molecule has 1 heterocycles. The van der Waals surface area contributed by atoms with Crippen molar-refractivity contribution in [2.45, 2.75) is 18.9 Å². The quantitative estimate of drug-likeness (QED) is 0.653. The van der Waals surface area contributed by atoms with E-state index >= 15 is 0 Å². The van der Waals surface area contributed by atoms with E-state index in [0.717, 1.165) is 5.56 Å². The lowest BCUT2D eigenvalue weighted by Gasteiger charge is -2.34. The summed E-state index contributed by atoms with van der Waals surface area (Å²) in [5.41, 5.74) is -2.70. The van der Waals surface area contributed by atoms with Crippen LogP contribution in [0.4, 0.5) is 41.2 Å². The molecule has 2 amide bonds. The summed E-state index contributed by atoms with van der Waals surface area (Å²) in [6.07, 6.45) is -9.99. The average Bonchev–Trinajstić information content (AvgIpc) is 2.69. The first-order valence-electron chi connectivity index (χ1n) is 9.24. The second-order valence-corrected chi connectivity index (χ2v) is 7.11. The van der Waals surface area contributed by atoms with E-state index in [-0.39, 0.29) is 25.0 Å². The number of hydrogen-bond acceptors (Lipinski definition) is 2. The summed E-state index contributed by atoms with van der Waals surface area (Å²) in [6.45, 7) is 1.89. The highest BCUT2D eigenvalue weighted by atomic mass is 19.4. The van der Waals surface area contributed by atoms with Crippen LogP contribution in [-0.2, 0) is 18.9 Å². The number of nitrogens with zero attached hydrogens (tertiary/aromatic N) is 2. The van der Waals surface area contributed by atoms with Crippen LogP contribution in [0.15, 0.2) is 42.5 Å². The Balaban J connectivity index is 1.63. The number of amides is 2. The molecule has 4 nitrogen and oxygen atoms in total. The third-order valence-corrected chi connectivity index (χ3v) is 4.82. The first kappa shape index (κ1) is 22.9. The number of nitrogens with one attached hydrogen (secondary N) is 1. The lowest BCUT2D eigenvalue weighted by molar-refractivity contribution is -0.143. The zero-order chi connectivity index (χ0) is 22.8. The third-order valence-electron chi connectivity index (χ3n) is 4.82. The van der Waals surface area contributed by atoms with Crippen molar-refractivity contribution in [3.63, 3.8) is 0 Å². The Hall–Kier alpha value is -2.82. The smallest absolute Gasteiger partial charge is 0.322 e. The SMILES string of the molecule is O=C(Nc1cc(C(F)(F)F)cc(C(F)(F)F)c1)N1CCN(Cc2ccc(F)cc2)CC1. The van der Waals surface area contributed by atoms with E-state index in [4.69, 9.17) is 0 Å². The minimum atomic E-state index is -4.99. The number of urea groups is 1. The van der Waals surface area contributed by atoms with Crippen LogP contribution >= 0.6 is 0 Å². The topological polar surface area (TPSA) is 35.6 Å². The molecule has 0 spiro atoms. The van der Waals surface area contributed by atoms with Crippen LogP contribution < -0.4 is 5.32 Å². The number of alkyl halides is 6. The molecule has 0 atom stereocenters. The van der Waals surface area contributed by atoms with E-state index in [2.05, 4.69) is 5.32 Å². The zero-order valence-corrected chi connectivity index (χ0v) is 16.0. The Kier molecular flexibility index (Phi) is 6.44. The fourth-order valence-corrected chi connectivity index (χ4v) is 3.19. The maximum atomic E-state index is 13.0. The van der Waals surface area contributed by atoms with Crippen LogP contribution in [0.25, 0.3) is 0 Å². The van der Waals surface area contributed by atoms with Crippen LogP contribution in [0.2, 0.25) is 0 Å². The molecule has 1 fully saturated rings. The summed E-state index contributed by atoms with van der Waals surface area (Å²) >= 11 is 0. The van der Waals surface area contributed by atoms with Crippen molar-refractivity contribution in [2.75, 3.05) is 31.5 Å². The highest BCUT2D eigenvalue weighted by molar-refractivity contribution is 5.89. The molecule has 3 rings (SSSR count). The highest BCUT2D eigenvalue weighted by Crippen LogP contribution is 2.37. The number of piperazine rings is 1. The van der Waals surface area contributed by atoms with E-state index < -0.39 is 35.2 Å². The van der Waals surface area contributed by atoms with Gasteiger partial charge in [0, 0.05) is 38.4 Å². The second kappa shape index (κ2) is 8.74. The van der Waals surface area contributed by atoms with E-state index in [1.54, 1.807) is 12.1 Å². The molecular formula is C20H18F7N3O. The number of rotatable bonds is 3. The van der Waals surface area contributed by atoms with Crippen molar-refractivity contribution >= 4 is 11.7 Å². The van der Waals surface area contributed by atoms with Gasteiger partial charge in [-0.25, -0.2) is 9.18 Å². The monoisotopic (exact) mass is 449 g/mol. The lowest BCUT2D eigenvalue weighted by atomic mass is 10.1. The Labute approximate surface area is 173 Å². The second-order valence-electron chi connectivity index (χ2n) is 7.11. The maximum absolute atomic E-state index is 13.0. The molecule has 1 aliphatic heterocycles. The summed E-state index contributed by atoms with van der Waals surface area (Å²) in [4.78, 5) is 15.7. The predicted molar refractivity (Wildman–Crippen MR) is 98.7 cm³/mol. The van der Waals surface area contributed by atoms with Crippen LogP contribution in [0, 0.1) is 5.82 Å². The van der Waals surface area contributed by atoms with Gasteiger partial charge < -0.3 is 10.2 Å². The lowest BCUT2D eigenvalue weighted by Crippen LogP contribution is -2.49. The van der Waals surface area contributed by atoms with Gasteiger partial charge >= 0.3 is 18.4 Å². The molecule has 1 aliphatic rings. The molecule has 0 unspecified atom stereocenters. The fourth-order valence-electron chi connectivity index (χ4n) is 3.19. The van der Waals surface area contributed by atoms with Crippen molar-refractivity contribution in [1.29, 1.82) is 0 Å². The molecule has 0 aliphatic carbocycles. The van der Waals surface area contributed by atoms with E-state index in [9.17, 15) is 35.5 Å². The van der Waals surface area contributed by atoms with Gasteiger partial charge in [0.1, 0.15) is 5.82 Å². The number of carbonyl (C=O) groups is 1. The largest absolute Gasteiger partial charge is 0.416 e. The first-order valence-corrected chi connectivity index (χ1v) is 9.24. The molecule has 1 saturated heterocycles. The summed E-state index contributed by atoms with van der Waals surface area (Å²) in [6, 6.07) is 6.11. The van der Waals surface area contributed by atoms with Gasteiger partial charge in [-0.05, 0) is 35.9 Å². The summed E-state index contributed by atoms with van der Waals surface area (Å²) < 4.78 is 90.7. The predicted octanol–water partition coefficient (Wildman–Crippen LogP) is 5.21. The number of hydrogen-bond donors (Lipinski definition) is 1. The molecule has 11 heteroatoms. The van der Waals surface area contributed by atoms with Crippen molar-refractivity contribution in [1.82, 2.24) is 9.80 Å². The Morgan fingerprint density at radius 2 is 1.35 bits per heavy atom. The van der Waals surface area contributed by atoms with Gasteiger partial charge in [0.15, 0.2) is 0 Å². The molecule has 0 bridgehead atoms. The van der Waals surface area contributed by atoms with Gasteiger partial charge in [0.2, 0.25) is 0 Å². The minimum Gasteiger partial charge on any atom is -0.322 e. The van der Waals surface area contributed by atoms with Crippen LogP contribution in [0.3, 0.4) is 0 Å². The first-order chi connectivity index (χ1) is 14.4. The molecule has 2 aromatic carbocycles. The van der Waals surface area contributed by atoms with E-state index in [1.165, 1.54) is 17.0 Å². The molecule has 2 aromatic rings. The van der Waals surface area contributed by atoms with Crippen LogP contribution in [0.1, 0.15) is 16.7 Å². The average molecular weight is 449 g/mol. The van der Waals surface area contributed by atoms with Crippen LogP contribution in [0.5, 0.6) is 0 Å². The normalized spacial score (nSPS) is 15.8. The molecule has 0 saturated carbocycles. The summed E-state index contributed by atoms with van der Waals surface area (Å²) in [7, 11) is 0. The zero-order valence-electron chi connectivity index (χ0n) is 16.0. The van der Waals surface area contributed by atoms with Crippen molar-refractivity contribution < 1.29 is 35.5 Å². The highest BCUT2D eigenvalue weighted by Gasteiger charge is 2.37. The van der Waals surface area contributed by atoms with Gasteiger partial charge in [0.05, 0.1) is 11.1 Å². The van der Waals surface area contributed by atoms with Crippen molar-refractivity contribution in [3.8, 4) is 0 Å². The summed E-state index contributed by atoms with van der Waals surface area (Å²) in [5.74, 6) is -0.353. The molecule has 1 N–H and O–H groups in total. The van der Waals surface area contributed by atoms with Gasteiger partial charge in [-0.15, -0.1) is 0 Å². The van der Waals surface area contributed by atoms with E-state index in [1.807, 2.05) is 4.90 Å². The van der Waals surface area contributed by atoms with E-state index in [0.29, 0.717) is 31.8 Å². The summed E-state index contributed by atoms with van der Waals surface area (Å²) in [5, 5.41) is 2.13. The number of halogens is 7. The third kappa shape index (κ3) is 6.09. The number of carbonyl (C=O) groups excluding carboxylic acids is 1. The van der Waals surface area contributed by atoms with Gasteiger partial charge in [0.25, 0.3) is 0 Å². The molecule has 0 radical (unpaired) electrons. The Morgan fingerprint density at radius 3 is 1.84 bits per heavy atom. The van der Waals surface area contributed by atoms with Gasteiger partial charge in [-0.2, -0.15) is 26.3 Å². The molecule has 0 aromatic heterocycles. The molecule has 31 heavy (non-hydrogen) atoms.